The Kier molecular flexibility index (Phi) is 23.7. The molecule has 1 aromatic carbocycles. The van der Waals surface area contributed by atoms with Crippen LogP contribution in [-0.2, 0) is 11.5 Å². The van der Waals surface area contributed by atoms with Crippen molar-refractivity contribution >= 4 is 23.5 Å². The van der Waals surface area contributed by atoms with Crippen molar-refractivity contribution in [2.45, 2.75) is 154 Å². The van der Waals surface area contributed by atoms with Crippen LogP contribution >= 0.6 is 23.5 Å². The zero-order valence-electron chi connectivity index (χ0n) is 23.5. The molecule has 0 saturated carbocycles. The molecule has 0 aliphatic heterocycles. The lowest BCUT2D eigenvalue weighted by molar-refractivity contribution is 0.470. The van der Waals surface area contributed by atoms with Crippen LogP contribution in [0.5, 0.6) is 5.75 Å². The molecule has 0 unspecified atom stereocenters. The summed E-state index contributed by atoms with van der Waals surface area (Å²) in [7, 11) is 0. The van der Waals surface area contributed by atoms with Gasteiger partial charge in [-0.2, -0.15) is 23.5 Å². The van der Waals surface area contributed by atoms with Crippen molar-refractivity contribution in [1.82, 2.24) is 0 Å². The van der Waals surface area contributed by atoms with E-state index in [4.69, 9.17) is 0 Å². The van der Waals surface area contributed by atoms with Gasteiger partial charge < -0.3 is 5.11 Å². The first-order valence-corrected chi connectivity index (χ1v) is 17.6. The minimum absolute atomic E-state index is 0.498. The molecule has 1 N–H and O–H groups in total. The maximum absolute atomic E-state index is 10.4. The summed E-state index contributed by atoms with van der Waals surface area (Å²) in [6.45, 7) is 4.58. The van der Waals surface area contributed by atoms with Crippen LogP contribution in [0.1, 0.15) is 153 Å². The van der Waals surface area contributed by atoms with Gasteiger partial charge in [-0.25, -0.2) is 0 Å². The SMILES string of the molecule is CCCCCCCCCCCCSCc1cccc(O)c1CSCCCCCCCCCCCC. The van der Waals surface area contributed by atoms with E-state index in [1.807, 2.05) is 35.7 Å². The van der Waals surface area contributed by atoms with Crippen LogP contribution in [0, 0.1) is 0 Å². The predicted molar refractivity (Wildman–Crippen MR) is 164 cm³/mol. The normalized spacial score (nSPS) is 11.4. The molecule has 0 aromatic heterocycles. The number of rotatable bonds is 26. The lowest BCUT2D eigenvalue weighted by Gasteiger charge is -2.11. The lowest BCUT2D eigenvalue weighted by Crippen LogP contribution is -1.94. The van der Waals surface area contributed by atoms with Gasteiger partial charge in [-0.1, -0.05) is 142 Å². The first kappa shape index (κ1) is 32.7. The van der Waals surface area contributed by atoms with Crippen molar-refractivity contribution < 1.29 is 5.11 Å². The van der Waals surface area contributed by atoms with E-state index in [0.717, 1.165) is 11.5 Å². The van der Waals surface area contributed by atoms with Gasteiger partial charge in [0.05, 0.1) is 0 Å². The molecule has 1 rings (SSSR count). The summed E-state index contributed by atoms with van der Waals surface area (Å²) in [4.78, 5) is 0. The zero-order chi connectivity index (χ0) is 25.2. The van der Waals surface area contributed by atoms with Crippen LogP contribution in [-0.4, -0.2) is 16.6 Å². The van der Waals surface area contributed by atoms with Crippen molar-refractivity contribution in [1.29, 1.82) is 0 Å². The Hall–Kier alpha value is -0.280. The second kappa shape index (κ2) is 25.4. The van der Waals surface area contributed by atoms with Gasteiger partial charge in [0, 0.05) is 17.1 Å². The maximum atomic E-state index is 10.4. The maximum Gasteiger partial charge on any atom is 0.119 e. The number of hydrogen-bond acceptors (Lipinski definition) is 3. The summed E-state index contributed by atoms with van der Waals surface area (Å²) in [5.41, 5.74) is 2.53. The molecule has 0 aliphatic rings. The standard InChI is InChI=1S/C32H58OS2/c1-3-5-7-9-11-13-15-17-19-21-26-34-28-30-24-23-25-32(33)31(30)29-35-27-22-20-18-16-14-12-10-8-6-4-2/h23-25,33H,3-22,26-29H2,1-2H3. The Morgan fingerprint density at radius 1 is 0.514 bits per heavy atom. The molecule has 204 valence electrons. The number of phenols is 1. The quantitative estimate of drug-likeness (QED) is 0.122. The van der Waals surface area contributed by atoms with E-state index in [1.54, 1.807) is 0 Å². The van der Waals surface area contributed by atoms with Gasteiger partial charge in [0.2, 0.25) is 0 Å². The molecule has 0 radical (unpaired) electrons. The summed E-state index contributed by atoms with van der Waals surface area (Å²) >= 11 is 4.05. The number of unbranched alkanes of at least 4 members (excludes halogenated alkanes) is 18. The van der Waals surface area contributed by atoms with Crippen molar-refractivity contribution in [3.63, 3.8) is 0 Å². The molecule has 0 atom stereocenters. The highest BCUT2D eigenvalue weighted by molar-refractivity contribution is 7.98. The Morgan fingerprint density at radius 2 is 0.914 bits per heavy atom. The number of aromatic hydroxyl groups is 1. The first-order chi connectivity index (χ1) is 17.3. The lowest BCUT2D eigenvalue weighted by atomic mass is 10.1. The van der Waals surface area contributed by atoms with Gasteiger partial charge in [-0.15, -0.1) is 0 Å². The monoisotopic (exact) mass is 522 g/mol. The van der Waals surface area contributed by atoms with Gasteiger partial charge in [-0.3, -0.25) is 0 Å². The van der Waals surface area contributed by atoms with Crippen molar-refractivity contribution in [2.75, 3.05) is 11.5 Å². The molecule has 3 heteroatoms. The smallest absolute Gasteiger partial charge is 0.119 e. The van der Waals surface area contributed by atoms with E-state index in [2.05, 4.69) is 19.9 Å². The van der Waals surface area contributed by atoms with Gasteiger partial charge in [0.25, 0.3) is 0 Å². The zero-order valence-corrected chi connectivity index (χ0v) is 25.1. The Balaban J connectivity index is 2.05. The highest BCUT2D eigenvalue weighted by Crippen LogP contribution is 2.29. The van der Waals surface area contributed by atoms with Gasteiger partial charge >= 0.3 is 0 Å². The first-order valence-electron chi connectivity index (χ1n) is 15.2. The molecular formula is C32H58OS2. The number of thioether (sulfide) groups is 2. The van der Waals surface area contributed by atoms with Crippen LogP contribution in [0.15, 0.2) is 18.2 Å². The molecular weight excluding hydrogens is 464 g/mol. The van der Waals surface area contributed by atoms with Crippen molar-refractivity contribution in [3.8, 4) is 5.75 Å². The molecule has 1 nitrogen and oxygen atoms in total. The van der Waals surface area contributed by atoms with Crippen LogP contribution < -0.4 is 0 Å². The minimum Gasteiger partial charge on any atom is -0.508 e. The second-order valence-corrected chi connectivity index (χ2v) is 12.6. The Morgan fingerprint density at radius 3 is 1.37 bits per heavy atom. The summed E-state index contributed by atoms with van der Waals surface area (Å²) in [5.74, 6) is 4.96. The van der Waals surface area contributed by atoms with Crippen LogP contribution in [0.2, 0.25) is 0 Å². The third kappa shape index (κ3) is 19.5. The number of hydrogen-bond donors (Lipinski definition) is 1. The minimum atomic E-state index is 0.498. The largest absolute Gasteiger partial charge is 0.508 e. The highest BCUT2D eigenvalue weighted by atomic mass is 32.2. The van der Waals surface area contributed by atoms with Gasteiger partial charge in [0.15, 0.2) is 0 Å². The Labute approximate surface area is 228 Å². The average Bonchev–Trinajstić information content (AvgIpc) is 2.86. The van der Waals surface area contributed by atoms with E-state index < -0.39 is 0 Å². The predicted octanol–water partition coefficient (Wildman–Crippen LogP) is 11.7. The van der Waals surface area contributed by atoms with Crippen LogP contribution in [0.25, 0.3) is 0 Å². The van der Waals surface area contributed by atoms with E-state index in [0.29, 0.717) is 5.75 Å². The molecule has 35 heavy (non-hydrogen) atoms. The molecule has 0 bridgehead atoms. The highest BCUT2D eigenvalue weighted by Gasteiger charge is 2.08. The fourth-order valence-corrected chi connectivity index (χ4v) is 6.80. The van der Waals surface area contributed by atoms with E-state index >= 15 is 0 Å². The molecule has 0 heterocycles. The number of phenolic OH excluding ortho intramolecular Hbond substituents is 1. The molecule has 1 aromatic rings. The van der Waals surface area contributed by atoms with E-state index in [9.17, 15) is 5.11 Å². The Bertz CT molecular complexity index is 575. The fourth-order valence-electron chi connectivity index (χ4n) is 4.66. The summed E-state index contributed by atoms with van der Waals surface area (Å²) < 4.78 is 0. The molecule has 0 aliphatic carbocycles. The second-order valence-electron chi connectivity index (χ2n) is 10.4. The van der Waals surface area contributed by atoms with E-state index in [-0.39, 0.29) is 0 Å². The third-order valence-electron chi connectivity index (χ3n) is 7.04. The average molecular weight is 523 g/mol. The third-order valence-corrected chi connectivity index (χ3v) is 9.20. The molecule has 0 spiro atoms. The summed E-state index contributed by atoms with van der Waals surface area (Å²) in [5, 5.41) is 10.4. The number of benzene rings is 1. The summed E-state index contributed by atoms with van der Waals surface area (Å²) in [6, 6.07) is 6.11. The van der Waals surface area contributed by atoms with Crippen LogP contribution in [0.4, 0.5) is 0 Å². The van der Waals surface area contributed by atoms with Gasteiger partial charge in [0.1, 0.15) is 5.75 Å². The van der Waals surface area contributed by atoms with Gasteiger partial charge in [-0.05, 0) is 36.0 Å². The van der Waals surface area contributed by atoms with Crippen molar-refractivity contribution in [2.24, 2.45) is 0 Å². The van der Waals surface area contributed by atoms with E-state index in [1.165, 1.54) is 151 Å². The van der Waals surface area contributed by atoms with Crippen molar-refractivity contribution in [3.05, 3.63) is 29.3 Å². The van der Waals surface area contributed by atoms with Crippen LogP contribution in [0.3, 0.4) is 0 Å². The molecule has 0 fully saturated rings. The molecule has 0 saturated heterocycles. The summed E-state index contributed by atoms with van der Waals surface area (Å²) in [6.07, 6.45) is 28.0. The molecule has 0 amide bonds. The topological polar surface area (TPSA) is 20.2 Å². The fraction of sp³-hybridized carbons (Fsp3) is 0.812.